The number of imidazole rings is 1. The molecule has 0 aromatic carbocycles. The SMILES string of the molecule is CC1(C)N=C(Nn2cnc3cncnc32)C2=NC(C)(C)NC2=N1. The molecule has 4 heterocycles. The van der Waals surface area contributed by atoms with Crippen molar-refractivity contribution >= 4 is 28.5 Å². The predicted octanol–water partition coefficient (Wildman–Crippen LogP) is 0.697. The number of hydrogen-bond donors (Lipinski definition) is 2. The van der Waals surface area contributed by atoms with Crippen molar-refractivity contribution in [3.8, 4) is 0 Å². The first-order chi connectivity index (χ1) is 10.8. The minimum absolute atomic E-state index is 0.407. The third kappa shape index (κ3) is 2.33. The average molecular weight is 311 g/mol. The van der Waals surface area contributed by atoms with Crippen LogP contribution < -0.4 is 10.7 Å². The minimum Gasteiger partial charge on any atom is -0.345 e. The van der Waals surface area contributed by atoms with Gasteiger partial charge < -0.3 is 5.32 Å². The van der Waals surface area contributed by atoms with Crippen LogP contribution in [0.5, 0.6) is 0 Å². The van der Waals surface area contributed by atoms with E-state index < -0.39 is 11.3 Å². The van der Waals surface area contributed by atoms with E-state index in [1.165, 1.54) is 6.33 Å². The van der Waals surface area contributed by atoms with Crippen molar-refractivity contribution in [2.45, 2.75) is 39.0 Å². The maximum absolute atomic E-state index is 4.66. The molecule has 23 heavy (non-hydrogen) atoms. The highest BCUT2D eigenvalue weighted by atomic mass is 15.5. The zero-order valence-corrected chi connectivity index (χ0v) is 13.4. The van der Waals surface area contributed by atoms with Crippen LogP contribution in [0.2, 0.25) is 0 Å². The molecule has 2 N–H and O–H groups in total. The highest BCUT2D eigenvalue weighted by Gasteiger charge is 2.37. The number of aliphatic imine (C=N–C) groups is 3. The van der Waals surface area contributed by atoms with Crippen LogP contribution in [0.15, 0.2) is 33.8 Å². The van der Waals surface area contributed by atoms with Crippen molar-refractivity contribution in [2.24, 2.45) is 15.0 Å². The van der Waals surface area contributed by atoms with Crippen LogP contribution in [0.25, 0.3) is 11.2 Å². The molecule has 4 rings (SSSR count). The monoisotopic (exact) mass is 311 g/mol. The number of hydrogen-bond acceptors (Lipinski definition) is 8. The zero-order chi connectivity index (χ0) is 16.2. The van der Waals surface area contributed by atoms with Crippen LogP contribution in [0.1, 0.15) is 27.7 Å². The fraction of sp³-hybridized carbons (Fsp3) is 0.429. The molecule has 2 aromatic heterocycles. The minimum atomic E-state index is -0.574. The second kappa shape index (κ2) is 4.34. The van der Waals surface area contributed by atoms with E-state index in [0.29, 0.717) is 22.7 Å². The summed E-state index contributed by atoms with van der Waals surface area (Å²) in [7, 11) is 0. The molecule has 0 radical (unpaired) electrons. The fourth-order valence-electron chi connectivity index (χ4n) is 2.62. The lowest BCUT2D eigenvalue weighted by atomic mass is 10.2. The number of nitrogens with zero attached hydrogens (tertiary/aromatic N) is 7. The second-order valence-electron chi connectivity index (χ2n) is 6.52. The van der Waals surface area contributed by atoms with Gasteiger partial charge in [-0.3, -0.25) is 10.4 Å². The van der Waals surface area contributed by atoms with Gasteiger partial charge >= 0.3 is 0 Å². The van der Waals surface area contributed by atoms with E-state index in [9.17, 15) is 0 Å². The Balaban J connectivity index is 1.77. The van der Waals surface area contributed by atoms with Gasteiger partial charge in [-0.2, -0.15) is 0 Å². The Morgan fingerprint density at radius 2 is 1.91 bits per heavy atom. The van der Waals surface area contributed by atoms with Gasteiger partial charge in [0.2, 0.25) is 0 Å². The average Bonchev–Trinajstić information content (AvgIpc) is 2.98. The van der Waals surface area contributed by atoms with Gasteiger partial charge in [0.1, 0.15) is 35.2 Å². The van der Waals surface area contributed by atoms with Crippen LogP contribution >= 0.6 is 0 Å². The third-order valence-corrected chi connectivity index (χ3v) is 3.47. The summed E-state index contributed by atoms with van der Waals surface area (Å²) < 4.78 is 1.71. The summed E-state index contributed by atoms with van der Waals surface area (Å²) in [6, 6.07) is 0. The second-order valence-corrected chi connectivity index (χ2v) is 6.52. The molecule has 118 valence electrons. The molecule has 2 aliphatic rings. The molecule has 2 aromatic rings. The van der Waals surface area contributed by atoms with Gasteiger partial charge in [0.15, 0.2) is 17.3 Å². The smallest absolute Gasteiger partial charge is 0.182 e. The number of fused-ring (bicyclic) bond motifs is 2. The Kier molecular flexibility index (Phi) is 2.60. The molecule has 9 nitrogen and oxygen atoms in total. The first-order valence-electron chi connectivity index (χ1n) is 7.32. The highest BCUT2D eigenvalue weighted by Crippen LogP contribution is 2.22. The Morgan fingerprint density at radius 3 is 2.74 bits per heavy atom. The molecular formula is C14H17N9. The van der Waals surface area contributed by atoms with Crippen LogP contribution in [0.3, 0.4) is 0 Å². The number of rotatable bonds is 1. The summed E-state index contributed by atoms with van der Waals surface area (Å²) in [5.74, 6) is 1.38. The van der Waals surface area contributed by atoms with E-state index in [1.807, 2.05) is 27.7 Å². The van der Waals surface area contributed by atoms with Crippen molar-refractivity contribution < 1.29 is 0 Å². The molecule has 0 bridgehead atoms. The summed E-state index contributed by atoms with van der Waals surface area (Å²) in [5.41, 5.74) is 4.34. The van der Waals surface area contributed by atoms with Gasteiger partial charge in [0, 0.05) is 0 Å². The van der Waals surface area contributed by atoms with Crippen molar-refractivity contribution in [3.63, 3.8) is 0 Å². The molecule has 0 aliphatic carbocycles. The molecule has 0 saturated heterocycles. The van der Waals surface area contributed by atoms with E-state index >= 15 is 0 Å². The van der Waals surface area contributed by atoms with Gasteiger partial charge in [0.25, 0.3) is 0 Å². The molecule has 0 unspecified atom stereocenters. The van der Waals surface area contributed by atoms with Crippen molar-refractivity contribution in [1.29, 1.82) is 0 Å². The highest BCUT2D eigenvalue weighted by molar-refractivity contribution is 6.70. The van der Waals surface area contributed by atoms with Gasteiger partial charge in [-0.15, -0.1) is 0 Å². The Labute approximate surface area is 132 Å². The summed E-state index contributed by atoms with van der Waals surface area (Å²) >= 11 is 0. The zero-order valence-electron chi connectivity index (χ0n) is 13.4. The van der Waals surface area contributed by atoms with Gasteiger partial charge in [-0.05, 0) is 27.7 Å². The maximum Gasteiger partial charge on any atom is 0.182 e. The van der Waals surface area contributed by atoms with Crippen molar-refractivity contribution in [3.05, 3.63) is 18.9 Å². The van der Waals surface area contributed by atoms with Gasteiger partial charge in [-0.25, -0.2) is 29.6 Å². The van der Waals surface area contributed by atoms with Crippen LogP contribution in [0, 0.1) is 0 Å². The number of aromatic nitrogens is 4. The summed E-state index contributed by atoms with van der Waals surface area (Å²) in [6.07, 6.45) is 4.80. The maximum atomic E-state index is 4.66. The lowest BCUT2D eigenvalue weighted by molar-refractivity contribution is 0.497. The molecule has 0 spiro atoms. The van der Waals surface area contributed by atoms with E-state index in [2.05, 4.69) is 40.7 Å². The molecule has 0 fully saturated rings. The lowest BCUT2D eigenvalue weighted by Gasteiger charge is -2.24. The third-order valence-electron chi connectivity index (χ3n) is 3.47. The fourth-order valence-corrected chi connectivity index (χ4v) is 2.62. The first-order valence-corrected chi connectivity index (χ1v) is 7.32. The van der Waals surface area contributed by atoms with E-state index in [1.54, 1.807) is 17.2 Å². The molecular weight excluding hydrogens is 294 g/mol. The molecule has 9 heteroatoms. The quantitative estimate of drug-likeness (QED) is 0.806. The van der Waals surface area contributed by atoms with Gasteiger partial charge in [0.05, 0.1) is 6.20 Å². The predicted molar refractivity (Wildman–Crippen MR) is 88.3 cm³/mol. The first kappa shape index (κ1) is 13.8. The van der Waals surface area contributed by atoms with E-state index in [4.69, 9.17) is 0 Å². The Bertz CT molecular complexity index is 885. The molecule has 0 amide bonds. The van der Waals surface area contributed by atoms with E-state index in [-0.39, 0.29) is 0 Å². The van der Waals surface area contributed by atoms with E-state index in [0.717, 1.165) is 5.84 Å². The number of nitrogens with one attached hydrogen (secondary N) is 2. The summed E-state index contributed by atoms with van der Waals surface area (Å²) in [6.45, 7) is 7.87. The summed E-state index contributed by atoms with van der Waals surface area (Å²) in [4.78, 5) is 26.4. The van der Waals surface area contributed by atoms with Crippen molar-refractivity contribution in [2.75, 3.05) is 5.43 Å². The summed E-state index contributed by atoms with van der Waals surface area (Å²) in [5, 5.41) is 3.31. The Hall–Kier alpha value is -2.84. The Morgan fingerprint density at radius 1 is 1.09 bits per heavy atom. The normalized spacial score (nSPS) is 21.1. The number of amidine groups is 2. The standard InChI is InChI=1S/C14H17N9/c1-13(2)18-9-10(19-13)20-14(3,4)21-11(9)22-23-7-17-8-5-15-6-16-12(8)23/h5-7H,1-4H3,(H,19,20)(H,21,22). The molecule has 2 aliphatic heterocycles. The topological polar surface area (TPSA) is 105 Å². The van der Waals surface area contributed by atoms with Crippen LogP contribution in [-0.4, -0.2) is 48.3 Å². The largest absolute Gasteiger partial charge is 0.345 e. The molecule has 0 atom stereocenters. The van der Waals surface area contributed by atoms with Gasteiger partial charge in [-0.1, -0.05) is 0 Å². The molecule has 0 saturated carbocycles. The van der Waals surface area contributed by atoms with Crippen LogP contribution in [0.4, 0.5) is 0 Å². The lowest BCUT2D eigenvalue weighted by Crippen LogP contribution is -2.45. The van der Waals surface area contributed by atoms with Crippen LogP contribution in [-0.2, 0) is 0 Å². The van der Waals surface area contributed by atoms with Crippen molar-refractivity contribution in [1.82, 2.24) is 24.9 Å².